The highest BCUT2D eigenvalue weighted by Gasteiger charge is 2.23. The van der Waals surface area contributed by atoms with Gasteiger partial charge in [-0.05, 0) is 49.9 Å². The van der Waals surface area contributed by atoms with Crippen LogP contribution in [0.4, 0.5) is 0 Å². The number of hydrogen-bond acceptors (Lipinski definition) is 5. The van der Waals surface area contributed by atoms with Crippen LogP contribution in [0.1, 0.15) is 61.0 Å². The molecule has 0 aliphatic heterocycles. The van der Waals surface area contributed by atoms with Crippen LogP contribution in [0, 0.1) is 0 Å². The fourth-order valence-electron chi connectivity index (χ4n) is 4.10. The number of hydrogen-bond donors (Lipinski definition) is 4. The van der Waals surface area contributed by atoms with Crippen molar-refractivity contribution in [1.82, 2.24) is 10.6 Å². The van der Waals surface area contributed by atoms with Gasteiger partial charge in [0.25, 0.3) is 11.8 Å². The molecule has 1 saturated carbocycles. The van der Waals surface area contributed by atoms with Gasteiger partial charge in [0.2, 0.25) is 0 Å². The fourth-order valence-corrected chi connectivity index (χ4v) is 4.10. The molecule has 0 saturated heterocycles. The van der Waals surface area contributed by atoms with E-state index in [9.17, 15) is 9.59 Å². The van der Waals surface area contributed by atoms with Crippen molar-refractivity contribution in [3.05, 3.63) is 70.8 Å². The van der Waals surface area contributed by atoms with Crippen molar-refractivity contribution < 1.29 is 14.3 Å². The summed E-state index contributed by atoms with van der Waals surface area (Å²) < 4.78 is 5.25. The molecule has 35 heavy (non-hydrogen) atoms. The lowest BCUT2D eigenvalue weighted by Crippen LogP contribution is -2.38. The number of amides is 2. The summed E-state index contributed by atoms with van der Waals surface area (Å²) in [5, 5.41) is 6.16. The first-order valence-electron chi connectivity index (χ1n) is 11.9. The molecule has 186 valence electrons. The summed E-state index contributed by atoms with van der Waals surface area (Å²) in [5.41, 5.74) is 14.7. The summed E-state index contributed by atoms with van der Waals surface area (Å²) in [6, 6.07) is 14.6. The van der Waals surface area contributed by atoms with Crippen LogP contribution < -0.4 is 26.8 Å². The Hall–Kier alpha value is -3.81. The van der Waals surface area contributed by atoms with Crippen molar-refractivity contribution in [2.45, 2.75) is 58.2 Å². The molecule has 0 bridgehead atoms. The zero-order valence-corrected chi connectivity index (χ0v) is 20.6. The molecular weight excluding hydrogens is 442 g/mol. The van der Waals surface area contributed by atoms with Gasteiger partial charge in [0.1, 0.15) is 17.2 Å². The molecule has 1 aliphatic carbocycles. The lowest BCUT2D eigenvalue weighted by molar-refractivity contribution is -0.114. The Bertz CT molecular complexity index is 1100. The number of methoxy groups -OCH3 is 1. The molecule has 2 aromatic carbocycles. The second-order valence-electron chi connectivity index (χ2n) is 8.95. The zero-order valence-electron chi connectivity index (χ0n) is 20.6. The lowest BCUT2D eigenvalue weighted by atomic mass is 10.0. The highest BCUT2D eigenvalue weighted by atomic mass is 16.5. The molecule has 8 nitrogen and oxygen atoms in total. The fraction of sp³-hybridized carbons (Fsp3) is 0.370. The molecule has 2 amide bonds. The standard InChI is InChI=1S/C27H35N5O3/c1-17(2)31-26(32-20-8-4-5-9-20)23(25(29)33)24(28)19-14-12-18(13-15-19)16-30-27(34)21-10-6-7-11-22(21)35-3/h6-7,10-15,17,20H,4-5,8-9,16,28H2,1-3H3,(H2,29,33)(H,30,34)(H,31,32). The zero-order chi connectivity index (χ0) is 25.4. The van der Waals surface area contributed by atoms with E-state index in [0.29, 0.717) is 29.3 Å². The number of aliphatic imine (C=N–C) groups is 1. The van der Waals surface area contributed by atoms with Crippen LogP contribution in [-0.2, 0) is 11.3 Å². The van der Waals surface area contributed by atoms with Crippen LogP contribution in [0.2, 0.25) is 0 Å². The maximum Gasteiger partial charge on any atom is 0.255 e. The summed E-state index contributed by atoms with van der Waals surface area (Å²) in [6.07, 6.45) is 4.24. The van der Waals surface area contributed by atoms with Gasteiger partial charge in [-0.25, -0.2) is 0 Å². The van der Waals surface area contributed by atoms with Crippen LogP contribution in [0.5, 0.6) is 5.75 Å². The number of carbonyl (C=O) groups excluding carboxylic acids is 2. The first kappa shape index (κ1) is 25.8. The van der Waals surface area contributed by atoms with Gasteiger partial charge in [0, 0.05) is 12.6 Å². The van der Waals surface area contributed by atoms with E-state index in [4.69, 9.17) is 21.2 Å². The van der Waals surface area contributed by atoms with Crippen molar-refractivity contribution in [2.75, 3.05) is 7.11 Å². The predicted octanol–water partition coefficient (Wildman–Crippen LogP) is 3.12. The number of benzene rings is 2. The molecule has 0 spiro atoms. The van der Waals surface area contributed by atoms with E-state index in [2.05, 4.69) is 10.6 Å². The molecule has 0 heterocycles. The summed E-state index contributed by atoms with van der Waals surface area (Å²) in [4.78, 5) is 29.8. The van der Waals surface area contributed by atoms with Gasteiger partial charge in [0.05, 0.1) is 24.4 Å². The second kappa shape index (κ2) is 12.1. The molecule has 8 heteroatoms. The monoisotopic (exact) mass is 477 g/mol. The smallest absolute Gasteiger partial charge is 0.255 e. The van der Waals surface area contributed by atoms with Crippen molar-refractivity contribution in [2.24, 2.45) is 16.5 Å². The van der Waals surface area contributed by atoms with Crippen LogP contribution in [-0.4, -0.2) is 36.8 Å². The van der Waals surface area contributed by atoms with E-state index in [0.717, 1.165) is 31.2 Å². The first-order chi connectivity index (χ1) is 16.8. The maximum absolute atomic E-state index is 12.6. The summed E-state index contributed by atoms with van der Waals surface area (Å²) in [7, 11) is 1.53. The van der Waals surface area contributed by atoms with Crippen LogP contribution >= 0.6 is 0 Å². The Kier molecular flexibility index (Phi) is 8.89. The Balaban J connectivity index is 1.80. The van der Waals surface area contributed by atoms with E-state index in [1.165, 1.54) is 7.11 Å². The van der Waals surface area contributed by atoms with Crippen molar-refractivity contribution in [3.8, 4) is 5.75 Å². The summed E-state index contributed by atoms with van der Waals surface area (Å²) in [5.74, 6) is 0.113. The minimum absolute atomic E-state index is 0.0616. The number of ether oxygens (including phenoxy) is 1. The number of nitrogens with zero attached hydrogens (tertiary/aromatic N) is 1. The molecule has 0 aromatic heterocycles. The minimum Gasteiger partial charge on any atom is -0.496 e. The van der Waals surface area contributed by atoms with Gasteiger partial charge < -0.3 is 26.8 Å². The average Bonchev–Trinajstić information content (AvgIpc) is 3.35. The van der Waals surface area contributed by atoms with Crippen LogP contribution in [0.25, 0.3) is 5.70 Å². The highest BCUT2D eigenvalue weighted by molar-refractivity contribution is 6.25. The normalized spacial score (nSPS) is 15.0. The SMILES string of the molecule is COc1ccccc1C(=O)NCc1ccc(C(N)=C(C(N)=O)C(=NC2CCCC2)NC(C)C)cc1. The molecular formula is C27H35N5O3. The molecule has 0 radical (unpaired) electrons. The van der Waals surface area contributed by atoms with Crippen molar-refractivity contribution in [3.63, 3.8) is 0 Å². The van der Waals surface area contributed by atoms with E-state index < -0.39 is 5.91 Å². The second-order valence-corrected chi connectivity index (χ2v) is 8.95. The largest absolute Gasteiger partial charge is 0.496 e. The van der Waals surface area contributed by atoms with Gasteiger partial charge in [-0.1, -0.05) is 49.2 Å². The number of primary amides is 1. The van der Waals surface area contributed by atoms with Gasteiger partial charge in [-0.2, -0.15) is 0 Å². The van der Waals surface area contributed by atoms with Crippen LogP contribution in [0.3, 0.4) is 0 Å². The minimum atomic E-state index is -0.624. The topological polar surface area (TPSA) is 132 Å². The van der Waals surface area contributed by atoms with E-state index in [-0.39, 0.29) is 29.3 Å². The third-order valence-electron chi connectivity index (χ3n) is 5.88. The van der Waals surface area contributed by atoms with E-state index in [1.54, 1.807) is 18.2 Å². The maximum atomic E-state index is 12.6. The summed E-state index contributed by atoms with van der Waals surface area (Å²) in [6.45, 7) is 4.28. The Morgan fingerprint density at radius 1 is 1.06 bits per heavy atom. The van der Waals surface area contributed by atoms with E-state index in [1.807, 2.05) is 44.2 Å². The van der Waals surface area contributed by atoms with Crippen molar-refractivity contribution in [1.29, 1.82) is 0 Å². The van der Waals surface area contributed by atoms with Gasteiger partial charge in [-0.15, -0.1) is 0 Å². The number of amidine groups is 1. The third-order valence-corrected chi connectivity index (χ3v) is 5.88. The Morgan fingerprint density at radius 2 is 1.71 bits per heavy atom. The van der Waals surface area contributed by atoms with Crippen LogP contribution in [0.15, 0.2) is 59.1 Å². The molecule has 0 unspecified atom stereocenters. The number of nitrogens with two attached hydrogens (primary N) is 2. The molecule has 6 N–H and O–H groups in total. The highest BCUT2D eigenvalue weighted by Crippen LogP contribution is 2.23. The number of para-hydroxylation sites is 1. The average molecular weight is 478 g/mol. The molecule has 1 aliphatic rings. The molecule has 3 rings (SSSR count). The third kappa shape index (κ3) is 6.85. The van der Waals surface area contributed by atoms with Gasteiger partial charge in [-0.3, -0.25) is 14.6 Å². The lowest BCUT2D eigenvalue weighted by Gasteiger charge is -2.18. The van der Waals surface area contributed by atoms with Crippen molar-refractivity contribution >= 4 is 23.3 Å². The molecule has 2 aromatic rings. The quantitative estimate of drug-likeness (QED) is 0.250. The number of rotatable bonds is 9. The molecule has 0 atom stereocenters. The summed E-state index contributed by atoms with van der Waals surface area (Å²) >= 11 is 0. The number of nitrogens with one attached hydrogen (secondary N) is 2. The molecule has 1 fully saturated rings. The van der Waals surface area contributed by atoms with E-state index >= 15 is 0 Å². The van der Waals surface area contributed by atoms with Gasteiger partial charge in [0.15, 0.2) is 0 Å². The first-order valence-corrected chi connectivity index (χ1v) is 11.9. The van der Waals surface area contributed by atoms with Gasteiger partial charge >= 0.3 is 0 Å². The Labute approximate surface area is 206 Å². The predicted molar refractivity (Wildman–Crippen MR) is 139 cm³/mol. The number of carbonyl (C=O) groups is 2. The Morgan fingerprint density at radius 3 is 2.31 bits per heavy atom.